The molecule has 0 aromatic carbocycles. The minimum Gasteiger partial charge on any atom is -0.481 e. The van der Waals surface area contributed by atoms with Crippen LogP contribution in [0.2, 0.25) is 0 Å². The van der Waals surface area contributed by atoms with Gasteiger partial charge in [-0.15, -0.1) is 0 Å². The molecule has 0 aliphatic rings. The quantitative estimate of drug-likeness (QED) is 0.684. The molecule has 1 unspecified atom stereocenters. The van der Waals surface area contributed by atoms with Gasteiger partial charge in [-0.1, -0.05) is 0 Å². The molecule has 7 heteroatoms. The minimum absolute atomic E-state index is 0.282. The van der Waals surface area contributed by atoms with Crippen LogP contribution in [0.25, 0.3) is 0 Å². The molecule has 0 saturated carbocycles. The van der Waals surface area contributed by atoms with Crippen molar-refractivity contribution < 1.29 is 24.6 Å². The largest absolute Gasteiger partial charge is 0.481 e. The van der Waals surface area contributed by atoms with Crippen molar-refractivity contribution in [2.24, 2.45) is 7.05 Å². The lowest BCUT2D eigenvalue weighted by atomic mass is 10.2. The Labute approximate surface area is 103 Å². The second-order valence-electron chi connectivity index (χ2n) is 3.88. The van der Waals surface area contributed by atoms with E-state index in [9.17, 15) is 14.4 Å². The van der Waals surface area contributed by atoms with Crippen LogP contribution in [0.4, 0.5) is 0 Å². The predicted molar refractivity (Wildman–Crippen MR) is 61.3 cm³/mol. The molecular weight excluding hydrogens is 240 g/mol. The fourth-order valence-corrected chi connectivity index (χ4v) is 1.45. The number of rotatable bonds is 5. The first kappa shape index (κ1) is 13.8. The number of hydrogen-bond donors (Lipinski definition) is 3. The van der Waals surface area contributed by atoms with Crippen molar-refractivity contribution in [3.63, 3.8) is 0 Å². The predicted octanol–water partition coefficient (Wildman–Crippen LogP) is -0.00878. The lowest BCUT2D eigenvalue weighted by Crippen LogP contribution is -2.42. The molecule has 0 aliphatic heterocycles. The minimum atomic E-state index is -1.44. The molecule has 3 N–H and O–H groups in total. The number of nitrogens with one attached hydrogen (secondary N) is 1. The summed E-state index contributed by atoms with van der Waals surface area (Å²) in [5.74, 6) is -3.28. The molecule has 7 nitrogen and oxygen atoms in total. The average molecular weight is 254 g/mol. The van der Waals surface area contributed by atoms with Crippen LogP contribution in [0.3, 0.4) is 0 Å². The highest BCUT2D eigenvalue weighted by molar-refractivity contribution is 5.96. The maximum absolute atomic E-state index is 11.8. The van der Waals surface area contributed by atoms with Gasteiger partial charge in [0.25, 0.3) is 5.91 Å². The molecule has 1 rings (SSSR count). The molecule has 0 spiro atoms. The number of carbonyl (C=O) groups is 3. The zero-order valence-corrected chi connectivity index (χ0v) is 10.0. The van der Waals surface area contributed by atoms with Crippen LogP contribution >= 0.6 is 0 Å². The summed E-state index contributed by atoms with van der Waals surface area (Å²) in [4.78, 5) is 33.1. The smallest absolute Gasteiger partial charge is 0.326 e. The van der Waals surface area contributed by atoms with Gasteiger partial charge in [0, 0.05) is 12.7 Å². The number of carboxylic acids is 2. The SMILES string of the molecule is Cc1ccc(C(=O)NC(CC(=O)O)C(=O)O)n1C. The van der Waals surface area contributed by atoms with Gasteiger partial charge in [0.05, 0.1) is 6.42 Å². The third kappa shape index (κ3) is 3.09. The lowest BCUT2D eigenvalue weighted by Gasteiger charge is -2.13. The first-order chi connectivity index (χ1) is 8.32. The molecular formula is C11H14N2O5. The number of amides is 1. The van der Waals surface area contributed by atoms with E-state index in [1.807, 2.05) is 0 Å². The van der Waals surface area contributed by atoms with Gasteiger partial charge in [-0.25, -0.2) is 4.79 Å². The van der Waals surface area contributed by atoms with E-state index >= 15 is 0 Å². The highest BCUT2D eigenvalue weighted by Gasteiger charge is 2.24. The Kier molecular flexibility index (Phi) is 4.09. The fraction of sp³-hybridized carbons (Fsp3) is 0.364. The summed E-state index contributed by atoms with van der Waals surface area (Å²) in [5.41, 5.74) is 1.12. The van der Waals surface area contributed by atoms with Crippen LogP contribution in [0.15, 0.2) is 12.1 Å². The first-order valence-corrected chi connectivity index (χ1v) is 5.20. The number of hydrogen-bond acceptors (Lipinski definition) is 3. The number of carbonyl (C=O) groups excluding carboxylic acids is 1. The summed E-state index contributed by atoms with van der Waals surface area (Å²) < 4.78 is 1.59. The van der Waals surface area contributed by atoms with E-state index < -0.39 is 30.3 Å². The Morgan fingerprint density at radius 2 is 1.94 bits per heavy atom. The highest BCUT2D eigenvalue weighted by Crippen LogP contribution is 2.06. The van der Waals surface area contributed by atoms with Gasteiger partial charge in [-0.3, -0.25) is 9.59 Å². The van der Waals surface area contributed by atoms with Gasteiger partial charge in [0.2, 0.25) is 0 Å². The number of nitrogens with zero attached hydrogens (tertiary/aromatic N) is 1. The number of aryl methyl sites for hydroxylation is 1. The normalized spacial score (nSPS) is 11.9. The van der Waals surface area contributed by atoms with Crippen molar-refractivity contribution in [1.29, 1.82) is 0 Å². The van der Waals surface area contributed by atoms with E-state index in [2.05, 4.69) is 5.32 Å². The molecule has 0 aliphatic carbocycles. The van der Waals surface area contributed by atoms with Crippen LogP contribution in [0.5, 0.6) is 0 Å². The van der Waals surface area contributed by atoms with Crippen LogP contribution in [0, 0.1) is 6.92 Å². The van der Waals surface area contributed by atoms with E-state index in [-0.39, 0.29) is 5.69 Å². The zero-order chi connectivity index (χ0) is 13.9. The van der Waals surface area contributed by atoms with Gasteiger partial charge in [0.1, 0.15) is 11.7 Å². The lowest BCUT2D eigenvalue weighted by molar-refractivity contribution is -0.145. The molecule has 0 saturated heterocycles. The monoisotopic (exact) mass is 254 g/mol. The van der Waals surface area contributed by atoms with Gasteiger partial charge in [0.15, 0.2) is 0 Å². The van der Waals surface area contributed by atoms with Crippen molar-refractivity contribution in [1.82, 2.24) is 9.88 Å². The molecule has 18 heavy (non-hydrogen) atoms. The van der Waals surface area contributed by atoms with E-state index in [0.717, 1.165) is 5.69 Å². The summed E-state index contributed by atoms with van der Waals surface area (Å²) in [6.45, 7) is 1.79. The molecule has 0 fully saturated rings. The van der Waals surface area contributed by atoms with Crippen LogP contribution < -0.4 is 5.32 Å². The van der Waals surface area contributed by atoms with Gasteiger partial charge < -0.3 is 20.1 Å². The summed E-state index contributed by atoms with van der Waals surface area (Å²) in [7, 11) is 1.66. The summed E-state index contributed by atoms with van der Waals surface area (Å²) >= 11 is 0. The van der Waals surface area contributed by atoms with E-state index in [0.29, 0.717) is 0 Å². The van der Waals surface area contributed by atoms with Gasteiger partial charge >= 0.3 is 11.9 Å². The maximum Gasteiger partial charge on any atom is 0.326 e. The Balaban J connectivity index is 2.82. The van der Waals surface area contributed by atoms with Crippen molar-refractivity contribution in [3.8, 4) is 0 Å². The third-order valence-corrected chi connectivity index (χ3v) is 2.59. The van der Waals surface area contributed by atoms with E-state index in [4.69, 9.17) is 10.2 Å². The average Bonchev–Trinajstić information content (AvgIpc) is 2.58. The van der Waals surface area contributed by atoms with Crippen LogP contribution in [-0.2, 0) is 16.6 Å². The highest BCUT2D eigenvalue weighted by atomic mass is 16.4. The summed E-state index contributed by atoms with van der Waals surface area (Å²) in [6, 6.07) is 1.82. The summed E-state index contributed by atoms with van der Waals surface area (Å²) in [5, 5.41) is 19.5. The molecule has 1 amide bonds. The molecule has 1 aromatic rings. The molecule has 98 valence electrons. The number of carboxylic acid groups (broad SMARTS) is 2. The van der Waals surface area contributed by atoms with Crippen molar-refractivity contribution in [2.75, 3.05) is 0 Å². The summed E-state index contributed by atoms with van der Waals surface area (Å²) in [6.07, 6.45) is -0.662. The molecule has 0 radical (unpaired) electrons. The number of aromatic nitrogens is 1. The second-order valence-corrected chi connectivity index (χ2v) is 3.88. The Morgan fingerprint density at radius 3 is 2.33 bits per heavy atom. The van der Waals surface area contributed by atoms with Crippen LogP contribution in [-0.4, -0.2) is 38.7 Å². The molecule has 1 heterocycles. The van der Waals surface area contributed by atoms with Gasteiger partial charge in [-0.05, 0) is 19.1 Å². The van der Waals surface area contributed by atoms with E-state index in [1.54, 1.807) is 30.7 Å². The zero-order valence-electron chi connectivity index (χ0n) is 10.0. The topological polar surface area (TPSA) is 109 Å². The van der Waals surface area contributed by atoms with Crippen LogP contribution in [0.1, 0.15) is 22.6 Å². The maximum atomic E-state index is 11.8. The Bertz CT molecular complexity index is 492. The van der Waals surface area contributed by atoms with Crippen molar-refractivity contribution in [3.05, 3.63) is 23.5 Å². The first-order valence-electron chi connectivity index (χ1n) is 5.20. The molecule has 1 aromatic heterocycles. The molecule has 1 atom stereocenters. The Hall–Kier alpha value is -2.31. The second kappa shape index (κ2) is 5.35. The van der Waals surface area contributed by atoms with Gasteiger partial charge in [-0.2, -0.15) is 0 Å². The van der Waals surface area contributed by atoms with Crippen molar-refractivity contribution >= 4 is 17.8 Å². The van der Waals surface area contributed by atoms with E-state index in [1.165, 1.54) is 0 Å². The molecule has 0 bridgehead atoms. The Morgan fingerprint density at radius 1 is 1.33 bits per heavy atom. The number of aliphatic carboxylic acids is 2. The fourth-order valence-electron chi connectivity index (χ4n) is 1.45. The standard InChI is InChI=1S/C11H14N2O5/c1-6-3-4-8(13(6)2)10(16)12-7(11(17)18)5-9(14)15/h3-4,7H,5H2,1-2H3,(H,12,16)(H,14,15)(H,17,18). The third-order valence-electron chi connectivity index (χ3n) is 2.59. The van der Waals surface area contributed by atoms with Crippen molar-refractivity contribution in [2.45, 2.75) is 19.4 Å².